The second kappa shape index (κ2) is 11.5. The first kappa shape index (κ1) is 26.2. The molecule has 0 unspecified atom stereocenters. The van der Waals surface area contributed by atoms with E-state index in [1.54, 1.807) is 30.9 Å². The van der Waals surface area contributed by atoms with Crippen molar-refractivity contribution in [3.63, 3.8) is 0 Å². The summed E-state index contributed by atoms with van der Waals surface area (Å²) < 4.78 is 16.2. The van der Waals surface area contributed by atoms with Gasteiger partial charge in [0.1, 0.15) is 5.82 Å². The Labute approximate surface area is 229 Å². The molecule has 4 aromatic rings. The van der Waals surface area contributed by atoms with Crippen LogP contribution in [0.2, 0.25) is 0 Å². The topological polar surface area (TPSA) is 95.9 Å². The molecule has 0 saturated carbocycles. The number of nitrogens with one attached hydrogen (secondary N) is 2. The minimum absolute atomic E-state index is 0.209. The molecule has 1 amide bonds. The highest BCUT2D eigenvalue weighted by molar-refractivity contribution is 8.01. The van der Waals surface area contributed by atoms with E-state index in [0.717, 1.165) is 41.3 Å². The van der Waals surface area contributed by atoms with Gasteiger partial charge < -0.3 is 15.5 Å². The number of amides is 1. The van der Waals surface area contributed by atoms with E-state index < -0.39 is 11.7 Å². The van der Waals surface area contributed by atoms with Crippen molar-refractivity contribution in [1.29, 1.82) is 0 Å². The highest BCUT2D eigenvalue weighted by Crippen LogP contribution is 2.37. The molecular formula is C27H28FN7OS2. The van der Waals surface area contributed by atoms with E-state index in [1.807, 2.05) is 31.2 Å². The molecule has 38 heavy (non-hydrogen) atoms. The van der Waals surface area contributed by atoms with E-state index in [2.05, 4.69) is 42.5 Å². The summed E-state index contributed by atoms with van der Waals surface area (Å²) in [5.41, 5.74) is 1.78. The normalized spacial score (nSPS) is 15.2. The molecule has 196 valence electrons. The molecule has 0 radical (unpaired) electrons. The van der Waals surface area contributed by atoms with Crippen molar-refractivity contribution in [3.8, 4) is 0 Å². The van der Waals surface area contributed by atoms with E-state index in [-0.39, 0.29) is 11.1 Å². The number of hydrogen-bond acceptors (Lipinski definition) is 9. The molecule has 0 aromatic carbocycles. The fraction of sp³-hybridized carbons (Fsp3) is 0.296. The van der Waals surface area contributed by atoms with Crippen molar-refractivity contribution in [2.24, 2.45) is 0 Å². The van der Waals surface area contributed by atoms with Crippen LogP contribution < -0.4 is 10.6 Å². The number of pyridine rings is 3. The number of aromatic nitrogens is 4. The molecule has 5 rings (SSSR count). The van der Waals surface area contributed by atoms with Gasteiger partial charge in [-0.25, -0.2) is 19.3 Å². The van der Waals surface area contributed by atoms with E-state index in [0.29, 0.717) is 22.4 Å². The molecule has 11 heteroatoms. The standard InChI is InChI=1S/C27H28FN7OS2/c1-18-3-11-30-21(15-18)34-26-32-16-22(38-26)37-20-6-12-31-24(23(20)28)25(36)33-17-27(7-13-35(2)14-8-27)19-4-9-29-10-5-19/h3-6,9-12,15-16H,7-8,13-14,17H2,1-2H3,(H,33,36)(H,30,32,34). The number of rotatable bonds is 8. The zero-order chi connectivity index (χ0) is 26.5. The lowest BCUT2D eigenvalue weighted by Gasteiger charge is -2.41. The van der Waals surface area contributed by atoms with Crippen molar-refractivity contribution in [3.05, 3.63) is 84.0 Å². The van der Waals surface area contributed by atoms with Gasteiger partial charge in [0.05, 0.1) is 15.3 Å². The molecule has 0 atom stereocenters. The number of carbonyl (C=O) groups excluding carboxylic acids is 1. The molecule has 0 bridgehead atoms. The molecule has 1 aliphatic heterocycles. The second-order valence-corrected chi connectivity index (χ2v) is 11.8. The number of anilines is 2. The van der Waals surface area contributed by atoms with Gasteiger partial charge in [0, 0.05) is 36.7 Å². The third-order valence-corrected chi connectivity index (χ3v) is 8.79. The summed E-state index contributed by atoms with van der Waals surface area (Å²) in [6.07, 6.45) is 10.2. The quantitative estimate of drug-likeness (QED) is 0.315. The van der Waals surface area contributed by atoms with Crippen LogP contribution in [0.3, 0.4) is 0 Å². The Morgan fingerprint density at radius 1 is 1.11 bits per heavy atom. The predicted molar refractivity (Wildman–Crippen MR) is 148 cm³/mol. The largest absolute Gasteiger partial charge is 0.350 e. The first-order valence-corrected chi connectivity index (χ1v) is 13.9. The van der Waals surface area contributed by atoms with Gasteiger partial charge in [0.15, 0.2) is 16.6 Å². The summed E-state index contributed by atoms with van der Waals surface area (Å²) in [5.74, 6) is -0.465. The Kier molecular flexibility index (Phi) is 7.96. The van der Waals surface area contributed by atoms with Crippen LogP contribution >= 0.6 is 23.1 Å². The summed E-state index contributed by atoms with van der Waals surface area (Å²) >= 11 is 2.59. The smallest absolute Gasteiger partial charge is 0.273 e. The molecular weight excluding hydrogens is 521 g/mol. The zero-order valence-electron chi connectivity index (χ0n) is 21.1. The average Bonchev–Trinajstić information content (AvgIpc) is 3.36. The number of halogens is 1. The first-order chi connectivity index (χ1) is 18.4. The summed E-state index contributed by atoms with van der Waals surface area (Å²) in [4.78, 5) is 32.6. The van der Waals surface area contributed by atoms with Gasteiger partial charge in [-0.15, -0.1) is 0 Å². The zero-order valence-corrected chi connectivity index (χ0v) is 22.8. The summed E-state index contributed by atoms with van der Waals surface area (Å²) in [5, 5.41) is 6.79. The van der Waals surface area contributed by atoms with E-state index >= 15 is 4.39 Å². The summed E-state index contributed by atoms with van der Waals surface area (Å²) in [6.45, 7) is 4.23. The number of likely N-dealkylation sites (tertiary alicyclic amines) is 1. The highest BCUT2D eigenvalue weighted by Gasteiger charge is 2.36. The van der Waals surface area contributed by atoms with Gasteiger partial charge in [0.2, 0.25) is 0 Å². The Morgan fingerprint density at radius 2 is 1.87 bits per heavy atom. The fourth-order valence-electron chi connectivity index (χ4n) is 4.50. The maximum atomic E-state index is 15.4. The van der Waals surface area contributed by atoms with Crippen molar-refractivity contribution in [2.45, 2.75) is 34.3 Å². The lowest BCUT2D eigenvalue weighted by Crippen LogP contribution is -2.48. The summed E-state index contributed by atoms with van der Waals surface area (Å²) in [6, 6.07) is 9.41. The van der Waals surface area contributed by atoms with E-state index in [4.69, 9.17) is 0 Å². The van der Waals surface area contributed by atoms with Crippen LogP contribution in [0.4, 0.5) is 15.3 Å². The van der Waals surface area contributed by atoms with Crippen LogP contribution in [0.15, 0.2) is 70.4 Å². The van der Waals surface area contributed by atoms with Crippen molar-refractivity contribution < 1.29 is 9.18 Å². The van der Waals surface area contributed by atoms with Crippen LogP contribution in [0.25, 0.3) is 0 Å². The van der Waals surface area contributed by atoms with Crippen LogP contribution in [0.5, 0.6) is 0 Å². The number of thiazole rings is 1. The first-order valence-electron chi connectivity index (χ1n) is 12.3. The molecule has 8 nitrogen and oxygen atoms in total. The number of aryl methyl sites for hydroxylation is 1. The fourth-order valence-corrected chi connectivity index (χ4v) is 6.37. The number of hydrogen-bond donors (Lipinski definition) is 2. The monoisotopic (exact) mass is 549 g/mol. The Hall–Kier alpha value is -3.41. The molecule has 2 N–H and O–H groups in total. The molecule has 5 heterocycles. The van der Waals surface area contributed by atoms with Gasteiger partial charge in [0.25, 0.3) is 5.91 Å². The molecule has 4 aromatic heterocycles. The Balaban J connectivity index is 1.28. The molecule has 0 aliphatic carbocycles. The second-order valence-electron chi connectivity index (χ2n) is 9.40. The Bertz CT molecular complexity index is 1410. The molecule has 0 spiro atoms. The number of nitrogens with zero attached hydrogens (tertiary/aromatic N) is 5. The van der Waals surface area contributed by atoms with Gasteiger partial charge in [-0.1, -0.05) is 23.1 Å². The maximum Gasteiger partial charge on any atom is 0.273 e. The van der Waals surface area contributed by atoms with Crippen molar-refractivity contribution in [1.82, 2.24) is 30.2 Å². The maximum absolute atomic E-state index is 15.4. The highest BCUT2D eigenvalue weighted by atomic mass is 32.2. The van der Waals surface area contributed by atoms with Crippen LogP contribution in [-0.4, -0.2) is 57.4 Å². The minimum atomic E-state index is -0.639. The third-order valence-electron chi connectivity index (χ3n) is 6.74. The van der Waals surface area contributed by atoms with Gasteiger partial charge in [-0.3, -0.25) is 9.78 Å². The van der Waals surface area contributed by atoms with Crippen LogP contribution in [0.1, 0.15) is 34.5 Å². The third kappa shape index (κ3) is 6.01. The van der Waals surface area contributed by atoms with E-state index in [1.165, 1.54) is 29.3 Å². The number of piperidine rings is 1. The predicted octanol–water partition coefficient (Wildman–Crippen LogP) is 5.06. The lowest BCUT2D eigenvalue weighted by atomic mass is 9.73. The van der Waals surface area contributed by atoms with Crippen LogP contribution in [0, 0.1) is 12.7 Å². The minimum Gasteiger partial charge on any atom is -0.350 e. The van der Waals surface area contributed by atoms with Crippen molar-refractivity contribution in [2.75, 3.05) is 32.0 Å². The Morgan fingerprint density at radius 3 is 2.63 bits per heavy atom. The van der Waals surface area contributed by atoms with Crippen molar-refractivity contribution >= 4 is 40.0 Å². The van der Waals surface area contributed by atoms with Gasteiger partial charge in [-0.2, -0.15) is 0 Å². The molecule has 1 aliphatic rings. The molecule has 1 saturated heterocycles. The SMILES string of the molecule is Cc1ccnc(Nc2ncc(Sc3ccnc(C(=O)NCC4(c5ccncc5)CCN(C)CC4)c3F)s2)c1. The van der Waals surface area contributed by atoms with Gasteiger partial charge in [-0.05, 0) is 81.4 Å². The molecule has 1 fully saturated rings. The summed E-state index contributed by atoms with van der Waals surface area (Å²) in [7, 11) is 2.10. The lowest BCUT2D eigenvalue weighted by molar-refractivity contribution is 0.0917. The number of carbonyl (C=O) groups is 1. The van der Waals surface area contributed by atoms with Crippen LogP contribution in [-0.2, 0) is 5.41 Å². The van der Waals surface area contributed by atoms with E-state index in [9.17, 15) is 4.79 Å². The average molecular weight is 550 g/mol. The van der Waals surface area contributed by atoms with Gasteiger partial charge >= 0.3 is 0 Å².